The van der Waals surface area contributed by atoms with Gasteiger partial charge in [0.25, 0.3) is 5.91 Å². The fourth-order valence-electron chi connectivity index (χ4n) is 2.30. The van der Waals surface area contributed by atoms with Crippen LogP contribution in [-0.2, 0) is 6.54 Å². The van der Waals surface area contributed by atoms with E-state index < -0.39 is 0 Å². The number of aromatic hydroxyl groups is 1. The summed E-state index contributed by atoms with van der Waals surface area (Å²) in [7, 11) is 0. The molecule has 124 valence electrons. The van der Waals surface area contributed by atoms with E-state index >= 15 is 0 Å². The van der Waals surface area contributed by atoms with Gasteiger partial charge in [-0.05, 0) is 46.8 Å². The Morgan fingerprint density at radius 1 is 1.35 bits per heavy atom. The lowest BCUT2D eigenvalue weighted by molar-refractivity contribution is 0.102. The van der Waals surface area contributed by atoms with Crippen molar-refractivity contribution in [3.63, 3.8) is 0 Å². The molecule has 6 heteroatoms. The van der Waals surface area contributed by atoms with Crippen LogP contribution < -0.4 is 10.1 Å². The van der Waals surface area contributed by atoms with Crippen LogP contribution in [0.25, 0.3) is 0 Å². The van der Waals surface area contributed by atoms with E-state index in [2.05, 4.69) is 10.4 Å². The van der Waals surface area contributed by atoms with Crippen molar-refractivity contribution in [2.24, 2.45) is 0 Å². The normalized spacial score (nSPS) is 10.9. The molecular weight excluding hydrogens is 294 g/mol. The Hall–Kier alpha value is -2.50. The molecule has 2 N–H and O–H groups in total. The predicted octanol–water partition coefficient (Wildman–Crippen LogP) is 3.26. The van der Waals surface area contributed by atoms with E-state index in [1.54, 1.807) is 6.07 Å². The van der Waals surface area contributed by atoms with Gasteiger partial charge in [-0.15, -0.1) is 0 Å². The Balaban J connectivity index is 2.25. The molecule has 0 atom stereocenters. The van der Waals surface area contributed by atoms with Crippen LogP contribution in [0.2, 0.25) is 0 Å². The van der Waals surface area contributed by atoms with E-state index in [9.17, 15) is 9.90 Å². The molecule has 2 aromatic rings. The molecule has 1 aromatic carbocycles. The van der Waals surface area contributed by atoms with Gasteiger partial charge in [-0.1, -0.05) is 0 Å². The number of amides is 1. The van der Waals surface area contributed by atoms with Gasteiger partial charge in [-0.2, -0.15) is 5.10 Å². The molecule has 0 unspecified atom stereocenters. The molecule has 0 saturated heterocycles. The number of nitrogens with zero attached hydrogens (tertiary/aromatic N) is 2. The highest BCUT2D eigenvalue weighted by atomic mass is 16.5. The Bertz CT molecular complexity index is 720. The largest absolute Gasteiger partial charge is 0.508 e. The van der Waals surface area contributed by atoms with E-state index in [0.29, 0.717) is 17.1 Å². The number of hydrogen-bond donors (Lipinski definition) is 2. The second-order valence-electron chi connectivity index (χ2n) is 5.71. The number of nitrogens with one attached hydrogen (secondary N) is 1. The molecule has 0 aliphatic carbocycles. The first-order chi connectivity index (χ1) is 10.8. The van der Waals surface area contributed by atoms with E-state index in [1.165, 1.54) is 12.1 Å². The Morgan fingerprint density at radius 2 is 2.04 bits per heavy atom. The highest BCUT2D eigenvalue weighted by Gasteiger charge is 2.15. The molecule has 23 heavy (non-hydrogen) atoms. The van der Waals surface area contributed by atoms with E-state index in [1.807, 2.05) is 39.3 Å². The maximum atomic E-state index is 12.4. The highest BCUT2D eigenvalue weighted by molar-refractivity contribution is 6.04. The lowest BCUT2D eigenvalue weighted by atomic mass is 10.1. The zero-order chi connectivity index (χ0) is 17.1. The monoisotopic (exact) mass is 317 g/mol. The minimum Gasteiger partial charge on any atom is -0.508 e. The summed E-state index contributed by atoms with van der Waals surface area (Å²) in [6.07, 6.45) is -0.0436. The number of carbonyl (C=O) groups is 1. The van der Waals surface area contributed by atoms with Crippen LogP contribution in [0.4, 0.5) is 5.82 Å². The molecule has 1 heterocycles. The quantitative estimate of drug-likeness (QED) is 0.887. The molecule has 1 amide bonds. The first-order valence-electron chi connectivity index (χ1n) is 7.67. The molecule has 0 spiro atoms. The van der Waals surface area contributed by atoms with Gasteiger partial charge >= 0.3 is 0 Å². The molecule has 1 aromatic heterocycles. The minimum atomic E-state index is -0.335. The number of anilines is 1. The lowest BCUT2D eigenvalue weighted by Gasteiger charge is -2.11. The molecule has 2 rings (SSSR count). The van der Waals surface area contributed by atoms with Crippen molar-refractivity contribution < 1.29 is 14.6 Å². The van der Waals surface area contributed by atoms with Crippen molar-refractivity contribution in [2.45, 2.75) is 47.3 Å². The molecule has 0 fully saturated rings. The summed E-state index contributed by atoms with van der Waals surface area (Å²) >= 11 is 0. The Kier molecular flexibility index (Phi) is 4.93. The average molecular weight is 317 g/mol. The Morgan fingerprint density at radius 3 is 2.61 bits per heavy atom. The molecule has 0 bridgehead atoms. The van der Waals surface area contributed by atoms with Crippen LogP contribution in [0.3, 0.4) is 0 Å². The van der Waals surface area contributed by atoms with Gasteiger partial charge < -0.3 is 15.2 Å². The fourth-order valence-corrected chi connectivity index (χ4v) is 2.30. The standard InChI is InChI=1S/C17H23N3O3/c1-6-20-12(5)11(4)16(19-20)18-17(22)13-7-14(21)9-15(8-13)23-10(2)3/h7-10,21H,6H2,1-5H3,(H,18,19,22). The number of rotatable bonds is 5. The molecule has 0 aliphatic rings. The second kappa shape index (κ2) is 6.73. The first kappa shape index (κ1) is 16.9. The Labute approximate surface area is 136 Å². The van der Waals surface area contributed by atoms with Crippen molar-refractivity contribution in [3.05, 3.63) is 35.0 Å². The summed E-state index contributed by atoms with van der Waals surface area (Å²) in [4.78, 5) is 12.4. The number of aromatic nitrogens is 2. The van der Waals surface area contributed by atoms with Crippen molar-refractivity contribution in [3.8, 4) is 11.5 Å². The van der Waals surface area contributed by atoms with Gasteiger partial charge in [-0.25, -0.2) is 0 Å². The first-order valence-corrected chi connectivity index (χ1v) is 7.67. The molecule has 0 radical (unpaired) electrons. The zero-order valence-electron chi connectivity index (χ0n) is 14.2. The third kappa shape index (κ3) is 3.83. The SMILES string of the molecule is CCn1nc(NC(=O)c2cc(O)cc(OC(C)C)c2)c(C)c1C. The topological polar surface area (TPSA) is 76.4 Å². The minimum absolute atomic E-state index is 0.0136. The third-order valence-electron chi connectivity index (χ3n) is 3.56. The summed E-state index contributed by atoms with van der Waals surface area (Å²) < 4.78 is 7.37. The van der Waals surface area contributed by atoms with E-state index in [4.69, 9.17) is 4.74 Å². The van der Waals surface area contributed by atoms with Gasteiger partial charge in [0.05, 0.1) is 6.10 Å². The zero-order valence-corrected chi connectivity index (χ0v) is 14.2. The van der Waals surface area contributed by atoms with E-state index in [0.717, 1.165) is 17.8 Å². The van der Waals surface area contributed by atoms with Crippen LogP contribution in [0.15, 0.2) is 18.2 Å². The second-order valence-corrected chi connectivity index (χ2v) is 5.71. The number of hydrogen-bond acceptors (Lipinski definition) is 4. The van der Waals surface area contributed by atoms with Gasteiger partial charge in [-0.3, -0.25) is 9.48 Å². The van der Waals surface area contributed by atoms with Gasteiger partial charge in [0.2, 0.25) is 0 Å². The maximum Gasteiger partial charge on any atom is 0.257 e. The van der Waals surface area contributed by atoms with Crippen molar-refractivity contribution in [2.75, 3.05) is 5.32 Å². The summed E-state index contributed by atoms with van der Waals surface area (Å²) in [5.74, 6) is 0.639. The van der Waals surface area contributed by atoms with Gasteiger partial charge in [0.15, 0.2) is 5.82 Å². The lowest BCUT2D eigenvalue weighted by Crippen LogP contribution is -2.14. The van der Waals surface area contributed by atoms with Crippen molar-refractivity contribution >= 4 is 11.7 Å². The predicted molar refractivity (Wildman–Crippen MR) is 89.2 cm³/mol. The number of carbonyl (C=O) groups excluding carboxylic acids is 1. The van der Waals surface area contributed by atoms with Crippen LogP contribution in [0.1, 0.15) is 42.4 Å². The summed E-state index contributed by atoms with van der Waals surface area (Å²) in [5.41, 5.74) is 2.27. The average Bonchev–Trinajstić information content (AvgIpc) is 2.73. The number of benzene rings is 1. The summed E-state index contributed by atoms with van der Waals surface area (Å²) in [5, 5.41) is 17.0. The number of aryl methyl sites for hydroxylation is 1. The summed E-state index contributed by atoms with van der Waals surface area (Å²) in [6, 6.07) is 4.49. The van der Waals surface area contributed by atoms with Crippen LogP contribution in [-0.4, -0.2) is 26.9 Å². The molecular formula is C17H23N3O3. The number of phenols is 1. The smallest absolute Gasteiger partial charge is 0.257 e. The molecule has 0 saturated carbocycles. The van der Waals surface area contributed by atoms with Crippen LogP contribution >= 0.6 is 0 Å². The van der Waals surface area contributed by atoms with Gasteiger partial charge in [0, 0.05) is 29.4 Å². The number of ether oxygens (including phenoxy) is 1. The van der Waals surface area contributed by atoms with Gasteiger partial charge in [0.1, 0.15) is 11.5 Å². The summed E-state index contributed by atoms with van der Waals surface area (Å²) in [6.45, 7) is 10.4. The maximum absolute atomic E-state index is 12.4. The third-order valence-corrected chi connectivity index (χ3v) is 3.56. The highest BCUT2D eigenvalue weighted by Crippen LogP contribution is 2.24. The fraction of sp³-hybridized carbons (Fsp3) is 0.412. The molecule has 6 nitrogen and oxygen atoms in total. The van der Waals surface area contributed by atoms with E-state index in [-0.39, 0.29) is 17.8 Å². The number of phenolic OH excluding ortho intramolecular Hbond substituents is 1. The van der Waals surface area contributed by atoms with Crippen molar-refractivity contribution in [1.29, 1.82) is 0 Å². The van der Waals surface area contributed by atoms with Crippen LogP contribution in [0.5, 0.6) is 11.5 Å². The van der Waals surface area contributed by atoms with Crippen LogP contribution in [0, 0.1) is 13.8 Å². The molecule has 0 aliphatic heterocycles. The van der Waals surface area contributed by atoms with Crippen molar-refractivity contribution in [1.82, 2.24) is 9.78 Å².